The Morgan fingerprint density at radius 1 is 1.47 bits per heavy atom. The van der Waals surface area contributed by atoms with Gasteiger partial charge >= 0.3 is 0 Å². The fourth-order valence-corrected chi connectivity index (χ4v) is 1.89. The summed E-state index contributed by atoms with van der Waals surface area (Å²) in [5, 5.41) is 12.0. The highest BCUT2D eigenvalue weighted by molar-refractivity contribution is 5.92. The Balaban J connectivity index is 1.83. The SMILES string of the molecule is O=C(CN1CC[C@H](O)C1)Nc1ccc(F)cc1. The number of nitrogens with one attached hydrogen (secondary N) is 1. The quantitative estimate of drug-likeness (QED) is 0.820. The Morgan fingerprint density at radius 3 is 2.76 bits per heavy atom. The van der Waals surface area contributed by atoms with Gasteiger partial charge in [0, 0.05) is 18.8 Å². The third-order valence-corrected chi connectivity index (χ3v) is 2.74. The van der Waals surface area contributed by atoms with E-state index in [2.05, 4.69) is 5.32 Å². The number of aliphatic hydroxyl groups is 1. The van der Waals surface area contributed by atoms with Crippen LogP contribution in [0.2, 0.25) is 0 Å². The summed E-state index contributed by atoms with van der Waals surface area (Å²) in [4.78, 5) is 13.5. The second-order valence-electron chi connectivity index (χ2n) is 4.23. The minimum atomic E-state index is -0.328. The third kappa shape index (κ3) is 3.51. The van der Waals surface area contributed by atoms with Gasteiger partial charge < -0.3 is 10.4 Å². The molecule has 1 aliphatic heterocycles. The Hall–Kier alpha value is -1.46. The van der Waals surface area contributed by atoms with E-state index in [-0.39, 0.29) is 24.4 Å². The smallest absolute Gasteiger partial charge is 0.238 e. The van der Waals surface area contributed by atoms with Gasteiger partial charge in [0.2, 0.25) is 5.91 Å². The van der Waals surface area contributed by atoms with Crippen molar-refractivity contribution in [3.8, 4) is 0 Å². The summed E-state index contributed by atoms with van der Waals surface area (Å²) in [6.45, 7) is 1.53. The summed E-state index contributed by atoms with van der Waals surface area (Å²) in [7, 11) is 0. The molecule has 4 nitrogen and oxygen atoms in total. The zero-order valence-corrected chi connectivity index (χ0v) is 9.40. The molecule has 2 N–H and O–H groups in total. The van der Waals surface area contributed by atoms with E-state index >= 15 is 0 Å². The van der Waals surface area contributed by atoms with Gasteiger partial charge in [-0.3, -0.25) is 9.69 Å². The summed E-state index contributed by atoms with van der Waals surface area (Å²) < 4.78 is 12.6. The molecule has 1 heterocycles. The number of anilines is 1. The average molecular weight is 238 g/mol. The summed E-state index contributed by atoms with van der Waals surface area (Å²) >= 11 is 0. The number of nitrogens with zero attached hydrogens (tertiary/aromatic N) is 1. The van der Waals surface area contributed by atoms with Gasteiger partial charge in [-0.05, 0) is 30.7 Å². The lowest BCUT2D eigenvalue weighted by atomic mass is 10.3. The lowest BCUT2D eigenvalue weighted by molar-refractivity contribution is -0.117. The Bertz CT molecular complexity index is 394. The van der Waals surface area contributed by atoms with Crippen LogP contribution >= 0.6 is 0 Å². The topological polar surface area (TPSA) is 52.6 Å². The molecule has 0 radical (unpaired) electrons. The first kappa shape index (κ1) is 12.0. The van der Waals surface area contributed by atoms with Crippen LogP contribution in [-0.4, -0.2) is 41.7 Å². The monoisotopic (exact) mass is 238 g/mol. The minimum absolute atomic E-state index is 0.147. The van der Waals surface area contributed by atoms with Crippen LogP contribution in [-0.2, 0) is 4.79 Å². The summed E-state index contributed by atoms with van der Waals surface area (Å²) in [5.41, 5.74) is 0.580. The highest BCUT2D eigenvalue weighted by Gasteiger charge is 2.21. The molecule has 0 aromatic heterocycles. The van der Waals surface area contributed by atoms with E-state index in [4.69, 9.17) is 0 Å². The molecule has 0 saturated carbocycles. The fraction of sp³-hybridized carbons (Fsp3) is 0.417. The van der Waals surface area contributed by atoms with Crippen LogP contribution in [0, 0.1) is 5.82 Å². The van der Waals surface area contributed by atoms with Gasteiger partial charge in [-0.2, -0.15) is 0 Å². The first-order valence-corrected chi connectivity index (χ1v) is 5.59. The van der Waals surface area contributed by atoms with Gasteiger partial charge in [0.15, 0.2) is 0 Å². The lowest BCUT2D eigenvalue weighted by Gasteiger charge is -2.14. The zero-order valence-electron chi connectivity index (χ0n) is 9.40. The van der Waals surface area contributed by atoms with Crippen molar-refractivity contribution in [2.24, 2.45) is 0 Å². The number of benzene rings is 1. The number of rotatable bonds is 3. The molecular formula is C12H15FN2O2. The number of carbonyl (C=O) groups is 1. The van der Waals surface area contributed by atoms with Crippen molar-refractivity contribution < 1.29 is 14.3 Å². The van der Waals surface area contributed by atoms with Gasteiger partial charge in [0.1, 0.15) is 5.82 Å². The molecule has 5 heteroatoms. The highest BCUT2D eigenvalue weighted by atomic mass is 19.1. The molecule has 1 saturated heterocycles. The van der Waals surface area contributed by atoms with E-state index in [1.165, 1.54) is 24.3 Å². The molecule has 1 aliphatic rings. The number of hydrogen-bond acceptors (Lipinski definition) is 3. The Labute approximate surface area is 99.0 Å². The van der Waals surface area contributed by atoms with Crippen molar-refractivity contribution >= 4 is 11.6 Å². The normalized spacial score (nSPS) is 20.5. The minimum Gasteiger partial charge on any atom is -0.392 e. The van der Waals surface area contributed by atoms with Crippen molar-refractivity contribution in [3.05, 3.63) is 30.1 Å². The van der Waals surface area contributed by atoms with E-state index in [9.17, 15) is 14.3 Å². The largest absolute Gasteiger partial charge is 0.392 e. The molecule has 1 atom stereocenters. The molecule has 0 spiro atoms. The molecule has 2 rings (SSSR count). The number of carbonyl (C=O) groups excluding carboxylic acids is 1. The number of likely N-dealkylation sites (tertiary alicyclic amines) is 1. The van der Waals surface area contributed by atoms with E-state index in [0.717, 1.165) is 6.54 Å². The van der Waals surface area contributed by atoms with Crippen molar-refractivity contribution in [2.75, 3.05) is 25.0 Å². The standard InChI is InChI=1S/C12H15FN2O2/c13-9-1-3-10(4-2-9)14-12(17)8-15-6-5-11(16)7-15/h1-4,11,16H,5-8H2,(H,14,17)/t11-/m0/s1. The predicted molar refractivity (Wildman–Crippen MR) is 62.1 cm³/mol. The van der Waals surface area contributed by atoms with Gasteiger partial charge in [-0.15, -0.1) is 0 Å². The molecule has 0 bridgehead atoms. The molecule has 1 amide bonds. The number of halogens is 1. The maximum Gasteiger partial charge on any atom is 0.238 e. The Morgan fingerprint density at radius 2 is 2.18 bits per heavy atom. The average Bonchev–Trinajstić information content (AvgIpc) is 2.67. The lowest BCUT2D eigenvalue weighted by Crippen LogP contribution is -2.32. The van der Waals surface area contributed by atoms with Crippen LogP contribution in [0.15, 0.2) is 24.3 Å². The van der Waals surface area contributed by atoms with Crippen LogP contribution in [0.4, 0.5) is 10.1 Å². The number of hydrogen-bond donors (Lipinski definition) is 2. The summed E-state index contributed by atoms with van der Waals surface area (Å²) in [5.74, 6) is -0.476. The summed E-state index contributed by atoms with van der Waals surface area (Å²) in [6, 6.07) is 5.64. The van der Waals surface area contributed by atoms with Crippen LogP contribution in [0.1, 0.15) is 6.42 Å². The van der Waals surface area contributed by atoms with Crippen LogP contribution < -0.4 is 5.32 Å². The van der Waals surface area contributed by atoms with Crippen molar-refractivity contribution in [1.29, 1.82) is 0 Å². The maximum absolute atomic E-state index is 12.6. The van der Waals surface area contributed by atoms with E-state index in [0.29, 0.717) is 18.7 Å². The number of aliphatic hydroxyl groups excluding tert-OH is 1. The molecule has 17 heavy (non-hydrogen) atoms. The molecule has 0 aliphatic carbocycles. The first-order chi connectivity index (χ1) is 8.13. The van der Waals surface area contributed by atoms with Crippen LogP contribution in [0.25, 0.3) is 0 Å². The Kier molecular flexibility index (Phi) is 3.71. The molecule has 0 unspecified atom stereocenters. The zero-order chi connectivity index (χ0) is 12.3. The maximum atomic E-state index is 12.6. The van der Waals surface area contributed by atoms with Gasteiger partial charge in [0.05, 0.1) is 12.6 Å². The summed E-state index contributed by atoms with van der Waals surface area (Å²) in [6.07, 6.45) is 0.387. The van der Waals surface area contributed by atoms with Crippen molar-refractivity contribution in [2.45, 2.75) is 12.5 Å². The second kappa shape index (κ2) is 5.25. The molecule has 1 aromatic rings. The van der Waals surface area contributed by atoms with E-state index in [1.54, 1.807) is 0 Å². The van der Waals surface area contributed by atoms with Crippen LogP contribution in [0.3, 0.4) is 0 Å². The van der Waals surface area contributed by atoms with Gasteiger partial charge in [-0.25, -0.2) is 4.39 Å². The van der Waals surface area contributed by atoms with Gasteiger partial charge in [-0.1, -0.05) is 0 Å². The number of amides is 1. The predicted octanol–water partition coefficient (Wildman–Crippen LogP) is 0.831. The van der Waals surface area contributed by atoms with E-state index < -0.39 is 0 Å². The van der Waals surface area contributed by atoms with Gasteiger partial charge in [0.25, 0.3) is 0 Å². The van der Waals surface area contributed by atoms with Crippen LogP contribution in [0.5, 0.6) is 0 Å². The van der Waals surface area contributed by atoms with Crippen molar-refractivity contribution in [1.82, 2.24) is 4.90 Å². The fourth-order valence-electron chi connectivity index (χ4n) is 1.89. The number of β-amino-alcohol motifs (C(OH)–C–C–N with tert-alkyl or cyclic N) is 1. The van der Waals surface area contributed by atoms with E-state index in [1.807, 2.05) is 4.90 Å². The highest BCUT2D eigenvalue weighted by Crippen LogP contribution is 2.10. The molecular weight excluding hydrogens is 223 g/mol. The van der Waals surface area contributed by atoms with Crippen molar-refractivity contribution in [3.63, 3.8) is 0 Å². The molecule has 92 valence electrons. The second-order valence-corrected chi connectivity index (χ2v) is 4.23. The molecule has 1 aromatic carbocycles. The molecule has 1 fully saturated rings. The third-order valence-electron chi connectivity index (χ3n) is 2.74. The first-order valence-electron chi connectivity index (χ1n) is 5.59.